The lowest BCUT2D eigenvalue weighted by molar-refractivity contribution is -0.140. The second-order valence-corrected chi connectivity index (χ2v) is 11.7. The first-order chi connectivity index (χ1) is 18.1. The molecule has 0 aromatic heterocycles. The first-order valence-electron chi connectivity index (χ1n) is 12.2. The highest BCUT2D eigenvalue weighted by molar-refractivity contribution is 9.10. The predicted octanol–water partition coefficient (Wildman–Crippen LogP) is 4.52. The molecule has 0 aliphatic heterocycles. The topological polar surface area (TPSA) is 86.8 Å². The van der Waals surface area contributed by atoms with Crippen LogP contribution in [-0.4, -0.2) is 50.5 Å². The Morgan fingerprint density at radius 3 is 2.21 bits per heavy atom. The summed E-state index contributed by atoms with van der Waals surface area (Å²) in [6.07, 6.45) is 1.88. The number of hydrogen-bond acceptors (Lipinski definition) is 4. The Hall–Kier alpha value is -3.24. The van der Waals surface area contributed by atoms with E-state index in [-0.39, 0.29) is 18.5 Å². The summed E-state index contributed by atoms with van der Waals surface area (Å²) in [7, 11) is -3.86. The van der Waals surface area contributed by atoms with Crippen molar-refractivity contribution in [1.82, 2.24) is 10.2 Å². The fourth-order valence-electron chi connectivity index (χ4n) is 3.95. The van der Waals surface area contributed by atoms with E-state index >= 15 is 0 Å². The van der Waals surface area contributed by atoms with Gasteiger partial charge in [-0.2, -0.15) is 0 Å². The normalized spacial score (nSPS) is 12.0. The molecule has 3 rings (SSSR count). The van der Waals surface area contributed by atoms with Crippen molar-refractivity contribution in [3.05, 3.63) is 100 Å². The average molecular weight is 605 g/mol. The number of anilines is 1. The molecule has 0 aliphatic rings. The van der Waals surface area contributed by atoms with Crippen molar-refractivity contribution in [2.75, 3.05) is 23.7 Å². The van der Waals surface area contributed by atoms with Crippen molar-refractivity contribution in [1.29, 1.82) is 0 Å². The minimum absolute atomic E-state index is 0.174. The fourth-order valence-corrected chi connectivity index (χ4v) is 5.07. The zero-order valence-corrected chi connectivity index (χ0v) is 23.7. The summed E-state index contributed by atoms with van der Waals surface area (Å²) in [6, 6.07) is 20.7. The molecule has 10 heteroatoms. The number of halogens is 2. The van der Waals surface area contributed by atoms with Crippen molar-refractivity contribution in [3.63, 3.8) is 0 Å². The molecule has 3 aromatic rings. The Morgan fingerprint density at radius 2 is 1.61 bits per heavy atom. The number of benzene rings is 3. The standard InChI is InChI=1S/C28H31BrFN3O4S/c1-3-17-31-28(35)26(18-21-9-5-4-6-10-21)32(19-22-11-7-8-12-25(22)30)27(34)20-33(38(2,36)37)24-15-13-23(29)14-16-24/h4-16,26H,3,17-20H2,1-2H3,(H,31,35). The molecule has 202 valence electrons. The average Bonchev–Trinajstić information content (AvgIpc) is 2.89. The van der Waals surface area contributed by atoms with Gasteiger partial charge in [0.05, 0.1) is 11.9 Å². The Morgan fingerprint density at radius 1 is 0.974 bits per heavy atom. The van der Waals surface area contributed by atoms with Crippen LogP contribution in [-0.2, 0) is 32.6 Å². The third-order valence-electron chi connectivity index (χ3n) is 5.91. The van der Waals surface area contributed by atoms with E-state index in [1.54, 1.807) is 42.5 Å². The molecule has 0 bridgehead atoms. The van der Waals surface area contributed by atoms with Crippen LogP contribution < -0.4 is 9.62 Å². The molecule has 1 atom stereocenters. The number of sulfonamides is 1. The van der Waals surface area contributed by atoms with Gasteiger partial charge in [-0.15, -0.1) is 0 Å². The first-order valence-corrected chi connectivity index (χ1v) is 14.8. The van der Waals surface area contributed by atoms with Gasteiger partial charge in [-0.3, -0.25) is 13.9 Å². The summed E-state index contributed by atoms with van der Waals surface area (Å²) in [5, 5.41) is 2.85. The highest BCUT2D eigenvalue weighted by Gasteiger charge is 2.33. The molecule has 0 aliphatic carbocycles. The number of carbonyl (C=O) groups is 2. The Kier molecular flexibility index (Phi) is 10.4. The van der Waals surface area contributed by atoms with Crippen LogP contribution in [0.3, 0.4) is 0 Å². The molecule has 1 N–H and O–H groups in total. The Balaban J connectivity index is 2.04. The highest BCUT2D eigenvalue weighted by Crippen LogP contribution is 2.23. The zero-order chi connectivity index (χ0) is 27.7. The van der Waals surface area contributed by atoms with E-state index in [9.17, 15) is 22.4 Å². The van der Waals surface area contributed by atoms with Crippen LogP contribution in [0.1, 0.15) is 24.5 Å². The van der Waals surface area contributed by atoms with E-state index in [0.717, 1.165) is 20.6 Å². The molecule has 1 unspecified atom stereocenters. The van der Waals surface area contributed by atoms with Crippen LogP contribution >= 0.6 is 15.9 Å². The quantitative estimate of drug-likeness (QED) is 0.330. The third kappa shape index (κ3) is 8.13. The number of nitrogens with zero attached hydrogens (tertiary/aromatic N) is 2. The number of carbonyl (C=O) groups excluding carboxylic acids is 2. The van der Waals surface area contributed by atoms with Crippen molar-refractivity contribution < 1.29 is 22.4 Å². The first kappa shape index (κ1) is 29.3. The van der Waals surface area contributed by atoms with Gasteiger partial charge in [0.25, 0.3) is 0 Å². The third-order valence-corrected chi connectivity index (χ3v) is 7.58. The lowest BCUT2D eigenvalue weighted by Crippen LogP contribution is -2.53. The van der Waals surface area contributed by atoms with Gasteiger partial charge >= 0.3 is 0 Å². The van der Waals surface area contributed by atoms with Gasteiger partial charge in [0.2, 0.25) is 21.8 Å². The molecule has 7 nitrogen and oxygen atoms in total. The minimum atomic E-state index is -3.86. The second-order valence-electron chi connectivity index (χ2n) is 8.86. The van der Waals surface area contributed by atoms with E-state index in [4.69, 9.17) is 0 Å². The van der Waals surface area contributed by atoms with Crippen LogP contribution in [0.15, 0.2) is 83.3 Å². The number of hydrogen-bond donors (Lipinski definition) is 1. The predicted molar refractivity (Wildman–Crippen MR) is 151 cm³/mol. The lowest BCUT2D eigenvalue weighted by atomic mass is 10.0. The summed E-state index contributed by atoms with van der Waals surface area (Å²) in [6.45, 7) is 1.55. The van der Waals surface area contributed by atoms with Gasteiger partial charge in [-0.05, 0) is 42.3 Å². The van der Waals surface area contributed by atoms with Crippen LogP contribution in [0, 0.1) is 5.82 Å². The van der Waals surface area contributed by atoms with E-state index in [1.807, 2.05) is 37.3 Å². The van der Waals surface area contributed by atoms with Gasteiger partial charge in [0, 0.05) is 29.5 Å². The molecule has 0 spiro atoms. The summed E-state index contributed by atoms with van der Waals surface area (Å²) in [5.41, 5.74) is 1.32. The SMILES string of the molecule is CCCNC(=O)C(Cc1ccccc1)N(Cc1ccccc1F)C(=O)CN(c1ccc(Br)cc1)S(C)(=O)=O. The molecule has 0 saturated heterocycles. The summed E-state index contributed by atoms with van der Waals surface area (Å²) in [4.78, 5) is 28.5. The van der Waals surface area contributed by atoms with E-state index < -0.39 is 40.2 Å². The molecule has 3 aromatic carbocycles. The van der Waals surface area contributed by atoms with Crippen LogP contribution in [0.2, 0.25) is 0 Å². The highest BCUT2D eigenvalue weighted by atomic mass is 79.9. The number of amides is 2. The second kappa shape index (κ2) is 13.5. The van der Waals surface area contributed by atoms with Gasteiger partial charge < -0.3 is 10.2 Å². The van der Waals surface area contributed by atoms with Gasteiger partial charge in [0.15, 0.2) is 0 Å². The monoisotopic (exact) mass is 603 g/mol. The minimum Gasteiger partial charge on any atom is -0.354 e. The maximum atomic E-state index is 14.7. The molecule has 2 amide bonds. The molecular weight excluding hydrogens is 573 g/mol. The maximum Gasteiger partial charge on any atom is 0.244 e. The van der Waals surface area contributed by atoms with Gasteiger partial charge in [-0.25, -0.2) is 12.8 Å². The molecule has 0 heterocycles. The zero-order valence-electron chi connectivity index (χ0n) is 21.3. The van der Waals surface area contributed by atoms with Crippen LogP contribution in [0.5, 0.6) is 0 Å². The molecule has 0 radical (unpaired) electrons. The van der Waals surface area contributed by atoms with Crippen LogP contribution in [0.25, 0.3) is 0 Å². The van der Waals surface area contributed by atoms with E-state index in [0.29, 0.717) is 18.7 Å². The van der Waals surface area contributed by atoms with Gasteiger partial charge in [-0.1, -0.05) is 71.4 Å². The summed E-state index contributed by atoms with van der Waals surface area (Å²) >= 11 is 3.33. The lowest BCUT2D eigenvalue weighted by Gasteiger charge is -2.33. The molecule has 0 fully saturated rings. The van der Waals surface area contributed by atoms with Crippen molar-refractivity contribution in [3.8, 4) is 0 Å². The molecule has 38 heavy (non-hydrogen) atoms. The van der Waals surface area contributed by atoms with E-state index in [2.05, 4.69) is 21.2 Å². The molecule has 0 saturated carbocycles. The Labute approximate surface area is 231 Å². The number of nitrogens with one attached hydrogen (secondary N) is 1. The Bertz CT molecular complexity index is 1340. The van der Waals surface area contributed by atoms with Crippen molar-refractivity contribution in [2.45, 2.75) is 32.4 Å². The van der Waals surface area contributed by atoms with Crippen molar-refractivity contribution in [2.24, 2.45) is 0 Å². The van der Waals surface area contributed by atoms with Crippen LogP contribution in [0.4, 0.5) is 10.1 Å². The summed E-state index contributed by atoms with van der Waals surface area (Å²) in [5.74, 6) is -1.55. The van der Waals surface area contributed by atoms with Crippen molar-refractivity contribution >= 4 is 43.5 Å². The fraction of sp³-hybridized carbons (Fsp3) is 0.286. The largest absolute Gasteiger partial charge is 0.354 e. The summed E-state index contributed by atoms with van der Waals surface area (Å²) < 4.78 is 41.9. The maximum absolute atomic E-state index is 14.7. The number of rotatable bonds is 12. The molecular formula is C28H31BrFN3O4S. The van der Waals surface area contributed by atoms with Gasteiger partial charge in [0.1, 0.15) is 18.4 Å². The van der Waals surface area contributed by atoms with E-state index in [1.165, 1.54) is 11.0 Å². The smallest absolute Gasteiger partial charge is 0.244 e.